The number of carbonyl (C=O) groups excluding carboxylic acids is 3. The van der Waals surface area contributed by atoms with Gasteiger partial charge in [0.25, 0.3) is 0 Å². The molecule has 0 aliphatic rings. The van der Waals surface area contributed by atoms with Crippen LogP contribution in [0.15, 0.2) is 38.5 Å². The number of hydrogen-bond acceptors (Lipinski definition) is 8. The van der Waals surface area contributed by atoms with E-state index in [-0.39, 0.29) is 54.6 Å². The van der Waals surface area contributed by atoms with Gasteiger partial charge in [-0.3, -0.25) is 19.4 Å². The SMILES string of the molecule is CC(C)C[C@H](N)C(=O)NCC(=O)N[C@@H](CCCN=C(N)N)C(=O)c1c(CN)c(=O)oc2ccccc12. The molecule has 2 rings (SSSR count). The van der Waals surface area contributed by atoms with Gasteiger partial charge in [0.15, 0.2) is 11.7 Å². The Hall–Kier alpha value is -3.77. The second-order valence-corrected chi connectivity index (χ2v) is 8.83. The third-order valence-corrected chi connectivity index (χ3v) is 5.44. The second kappa shape index (κ2) is 13.4. The molecular formula is C24H35N7O5. The number of guanidine groups is 1. The monoisotopic (exact) mass is 501 g/mol. The van der Waals surface area contributed by atoms with Crippen LogP contribution >= 0.6 is 0 Å². The highest BCUT2D eigenvalue weighted by molar-refractivity contribution is 6.11. The molecule has 0 unspecified atom stereocenters. The van der Waals surface area contributed by atoms with E-state index < -0.39 is 35.3 Å². The maximum Gasteiger partial charge on any atom is 0.341 e. The van der Waals surface area contributed by atoms with Gasteiger partial charge in [0.1, 0.15) is 5.58 Å². The molecule has 1 aromatic carbocycles. The first-order chi connectivity index (χ1) is 17.0. The van der Waals surface area contributed by atoms with E-state index in [1.165, 1.54) is 0 Å². The number of hydrogen-bond donors (Lipinski definition) is 6. The van der Waals surface area contributed by atoms with Gasteiger partial charge < -0.3 is 38.0 Å². The zero-order valence-electron chi connectivity index (χ0n) is 20.6. The van der Waals surface area contributed by atoms with Crippen molar-refractivity contribution >= 4 is 34.5 Å². The standard InChI is InChI=1S/C24H35N7O5/c1-13(2)10-16(26)22(34)30-12-19(32)31-17(7-5-9-29-24(27)28)21(33)20-14-6-3-4-8-18(14)36-23(35)15(20)11-25/h3-4,6,8,13,16-17H,5,7,9-12,25-26H2,1-2H3,(H,30,34)(H,31,32)(H4,27,28,29)/t16-,17-/m0/s1. The highest BCUT2D eigenvalue weighted by atomic mass is 16.4. The molecule has 0 aliphatic heterocycles. The molecule has 0 fully saturated rings. The summed E-state index contributed by atoms with van der Waals surface area (Å²) in [6.45, 7) is 3.49. The van der Waals surface area contributed by atoms with E-state index in [4.69, 9.17) is 27.4 Å². The van der Waals surface area contributed by atoms with Gasteiger partial charge in [-0.1, -0.05) is 32.0 Å². The average molecular weight is 502 g/mol. The van der Waals surface area contributed by atoms with Crippen molar-refractivity contribution in [2.75, 3.05) is 13.1 Å². The summed E-state index contributed by atoms with van der Waals surface area (Å²) < 4.78 is 5.29. The van der Waals surface area contributed by atoms with Crippen LogP contribution in [0.5, 0.6) is 0 Å². The van der Waals surface area contributed by atoms with Crippen LogP contribution in [-0.4, -0.2) is 48.7 Å². The summed E-state index contributed by atoms with van der Waals surface area (Å²) in [5.74, 6) is -1.46. The van der Waals surface area contributed by atoms with Crippen molar-refractivity contribution in [1.29, 1.82) is 0 Å². The third kappa shape index (κ3) is 7.89. The number of nitrogens with zero attached hydrogens (tertiary/aromatic N) is 1. The van der Waals surface area contributed by atoms with E-state index in [0.717, 1.165) is 0 Å². The lowest BCUT2D eigenvalue weighted by Gasteiger charge is -2.20. The summed E-state index contributed by atoms with van der Waals surface area (Å²) in [5, 5.41) is 5.54. The first kappa shape index (κ1) is 28.5. The molecule has 0 saturated heterocycles. The average Bonchev–Trinajstić information content (AvgIpc) is 2.82. The molecule has 36 heavy (non-hydrogen) atoms. The molecular weight excluding hydrogens is 466 g/mol. The number of benzene rings is 1. The van der Waals surface area contributed by atoms with Crippen molar-refractivity contribution in [3.05, 3.63) is 45.8 Å². The molecule has 12 heteroatoms. The van der Waals surface area contributed by atoms with Gasteiger partial charge >= 0.3 is 5.63 Å². The number of para-hydroxylation sites is 1. The molecule has 0 aliphatic carbocycles. The summed E-state index contributed by atoms with van der Waals surface area (Å²) in [5.41, 5.74) is 21.9. The molecule has 0 radical (unpaired) electrons. The molecule has 196 valence electrons. The Morgan fingerprint density at radius 2 is 1.83 bits per heavy atom. The number of fused-ring (bicyclic) bond motifs is 1. The van der Waals surface area contributed by atoms with Crippen LogP contribution < -0.4 is 39.2 Å². The zero-order chi connectivity index (χ0) is 26.8. The number of aliphatic imine (C=N–C) groups is 1. The minimum absolute atomic E-state index is 0.00938. The molecule has 0 saturated carbocycles. The number of nitrogens with one attached hydrogen (secondary N) is 2. The summed E-state index contributed by atoms with van der Waals surface area (Å²) in [6, 6.07) is 4.78. The number of nitrogens with two attached hydrogens (primary N) is 4. The number of rotatable bonds is 13. The number of amides is 2. The normalized spacial score (nSPS) is 12.7. The number of Topliss-reactive ketones (excluding diaryl/α,β-unsaturated/α-hetero) is 1. The van der Waals surface area contributed by atoms with E-state index in [1.54, 1.807) is 24.3 Å². The lowest BCUT2D eigenvalue weighted by Crippen LogP contribution is -2.49. The molecule has 2 amide bonds. The Kier molecular flexibility index (Phi) is 10.6. The van der Waals surface area contributed by atoms with Crippen molar-refractivity contribution in [3.8, 4) is 0 Å². The Labute approximate surface area is 208 Å². The number of carbonyl (C=O) groups is 3. The van der Waals surface area contributed by atoms with E-state index in [0.29, 0.717) is 18.2 Å². The summed E-state index contributed by atoms with van der Waals surface area (Å²) in [4.78, 5) is 54.9. The third-order valence-electron chi connectivity index (χ3n) is 5.44. The lowest BCUT2D eigenvalue weighted by atomic mass is 9.94. The zero-order valence-corrected chi connectivity index (χ0v) is 20.6. The first-order valence-corrected chi connectivity index (χ1v) is 11.7. The fraction of sp³-hybridized carbons (Fsp3) is 0.458. The summed E-state index contributed by atoms with van der Waals surface area (Å²) in [6.07, 6.45) is 0.989. The minimum Gasteiger partial charge on any atom is -0.422 e. The van der Waals surface area contributed by atoms with Gasteiger partial charge in [-0.15, -0.1) is 0 Å². The summed E-state index contributed by atoms with van der Waals surface area (Å²) >= 11 is 0. The van der Waals surface area contributed by atoms with E-state index >= 15 is 0 Å². The van der Waals surface area contributed by atoms with E-state index in [9.17, 15) is 19.2 Å². The van der Waals surface area contributed by atoms with Gasteiger partial charge in [-0.2, -0.15) is 0 Å². The Balaban J connectivity index is 2.29. The fourth-order valence-corrected chi connectivity index (χ4v) is 3.76. The predicted molar refractivity (Wildman–Crippen MR) is 137 cm³/mol. The highest BCUT2D eigenvalue weighted by Gasteiger charge is 2.28. The van der Waals surface area contributed by atoms with Crippen molar-refractivity contribution < 1.29 is 18.8 Å². The summed E-state index contributed by atoms with van der Waals surface area (Å²) in [7, 11) is 0. The molecule has 1 heterocycles. The maximum atomic E-state index is 13.7. The van der Waals surface area contributed by atoms with Crippen molar-refractivity contribution in [1.82, 2.24) is 10.6 Å². The minimum atomic E-state index is -1.04. The van der Waals surface area contributed by atoms with Gasteiger partial charge in [-0.05, 0) is 31.2 Å². The first-order valence-electron chi connectivity index (χ1n) is 11.7. The molecule has 2 atom stereocenters. The van der Waals surface area contributed by atoms with Crippen LogP contribution in [0.2, 0.25) is 0 Å². The van der Waals surface area contributed by atoms with Gasteiger partial charge in [0, 0.05) is 24.0 Å². The molecule has 1 aromatic heterocycles. The highest BCUT2D eigenvalue weighted by Crippen LogP contribution is 2.22. The van der Waals surface area contributed by atoms with Crippen LogP contribution in [0.1, 0.15) is 49.0 Å². The van der Waals surface area contributed by atoms with Crippen LogP contribution in [0.4, 0.5) is 0 Å². The molecule has 10 N–H and O–H groups in total. The largest absolute Gasteiger partial charge is 0.422 e. The van der Waals surface area contributed by atoms with Crippen molar-refractivity contribution in [2.24, 2.45) is 33.8 Å². The predicted octanol–water partition coefficient (Wildman–Crippen LogP) is -0.538. The molecule has 2 aromatic rings. The van der Waals surface area contributed by atoms with Crippen LogP contribution in [-0.2, 0) is 16.1 Å². The van der Waals surface area contributed by atoms with Crippen molar-refractivity contribution in [2.45, 2.75) is 51.7 Å². The van der Waals surface area contributed by atoms with Crippen LogP contribution in [0.25, 0.3) is 11.0 Å². The Morgan fingerprint density at radius 1 is 1.14 bits per heavy atom. The quantitative estimate of drug-likeness (QED) is 0.0680. The topological polar surface area (TPSA) is 222 Å². The maximum absolute atomic E-state index is 13.7. The number of ketones is 1. The van der Waals surface area contributed by atoms with E-state index in [1.807, 2.05) is 13.8 Å². The molecule has 12 nitrogen and oxygen atoms in total. The second-order valence-electron chi connectivity index (χ2n) is 8.83. The Morgan fingerprint density at radius 3 is 2.47 bits per heavy atom. The van der Waals surface area contributed by atoms with Gasteiger partial charge in [0.05, 0.1) is 24.2 Å². The van der Waals surface area contributed by atoms with E-state index in [2.05, 4.69) is 15.6 Å². The smallest absolute Gasteiger partial charge is 0.341 e. The van der Waals surface area contributed by atoms with Crippen LogP contribution in [0, 0.1) is 5.92 Å². The van der Waals surface area contributed by atoms with Gasteiger partial charge in [-0.25, -0.2) is 4.79 Å². The van der Waals surface area contributed by atoms with Gasteiger partial charge in [0.2, 0.25) is 11.8 Å². The van der Waals surface area contributed by atoms with Crippen molar-refractivity contribution in [3.63, 3.8) is 0 Å². The molecule has 0 spiro atoms. The molecule has 0 bridgehead atoms. The van der Waals surface area contributed by atoms with Crippen LogP contribution in [0.3, 0.4) is 0 Å². The lowest BCUT2D eigenvalue weighted by molar-refractivity contribution is -0.127. The fourth-order valence-electron chi connectivity index (χ4n) is 3.76. The Bertz CT molecular complexity index is 1170.